The highest BCUT2D eigenvalue weighted by Crippen LogP contribution is 2.45. The Morgan fingerprint density at radius 1 is 1.19 bits per heavy atom. The van der Waals surface area contributed by atoms with Crippen molar-refractivity contribution in [2.45, 2.75) is 59.8 Å². The van der Waals surface area contributed by atoms with Gasteiger partial charge in [0.05, 0.1) is 25.7 Å². The molecule has 1 aliphatic carbocycles. The maximum Gasteiger partial charge on any atom is 0.341 e. The zero-order valence-electron chi connectivity index (χ0n) is 19.2. The lowest BCUT2D eigenvalue weighted by Crippen LogP contribution is -2.28. The molecule has 1 amide bonds. The molecule has 0 saturated carbocycles. The molecule has 1 aromatic heterocycles. The maximum atomic E-state index is 12.8. The summed E-state index contributed by atoms with van der Waals surface area (Å²) in [6.07, 6.45) is 4.20. The first kappa shape index (κ1) is 23.3. The Labute approximate surface area is 189 Å². The molecule has 1 atom stereocenters. The number of hydrogen-bond donors (Lipinski definition) is 1. The second-order valence-corrected chi connectivity index (χ2v) is 9.89. The number of benzene rings is 1. The van der Waals surface area contributed by atoms with E-state index >= 15 is 0 Å². The molecule has 0 fully saturated rings. The molecule has 0 unspecified atom stereocenters. The van der Waals surface area contributed by atoms with Crippen LogP contribution < -0.4 is 10.1 Å². The van der Waals surface area contributed by atoms with Crippen LogP contribution in [0.4, 0.5) is 5.00 Å². The number of thiophene rings is 1. The van der Waals surface area contributed by atoms with Gasteiger partial charge in [0.15, 0.2) is 0 Å². The highest BCUT2D eigenvalue weighted by molar-refractivity contribution is 7.17. The number of esters is 1. The zero-order valence-corrected chi connectivity index (χ0v) is 20.0. The number of methoxy groups -OCH3 is 1. The number of nitrogens with one attached hydrogen (secondary N) is 1. The van der Waals surface area contributed by atoms with Crippen molar-refractivity contribution in [3.63, 3.8) is 0 Å². The van der Waals surface area contributed by atoms with Gasteiger partial charge in [0.25, 0.3) is 0 Å². The second kappa shape index (κ2) is 9.86. The highest BCUT2D eigenvalue weighted by Gasteiger charge is 2.35. The summed E-state index contributed by atoms with van der Waals surface area (Å²) >= 11 is 1.53. The van der Waals surface area contributed by atoms with Gasteiger partial charge >= 0.3 is 5.97 Å². The van der Waals surface area contributed by atoms with Crippen LogP contribution in [0.5, 0.6) is 5.75 Å². The van der Waals surface area contributed by atoms with Crippen LogP contribution in [-0.2, 0) is 28.8 Å². The maximum absolute atomic E-state index is 12.8. The van der Waals surface area contributed by atoms with Crippen LogP contribution in [0.1, 0.15) is 66.9 Å². The minimum absolute atomic E-state index is 0.140. The van der Waals surface area contributed by atoms with Crippen molar-refractivity contribution in [2.24, 2.45) is 11.3 Å². The van der Waals surface area contributed by atoms with Gasteiger partial charge in [0.2, 0.25) is 5.91 Å². The predicted molar refractivity (Wildman–Crippen MR) is 125 cm³/mol. The van der Waals surface area contributed by atoms with Gasteiger partial charge in [-0.1, -0.05) is 39.3 Å². The molecule has 0 saturated heterocycles. The first-order valence-corrected chi connectivity index (χ1v) is 11.8. The quantitative estimate of drug-likeness (QED) is 0.535. The van der Waals surface area contributed by atoms with E-state index in [2.05, 4.69) is 26.1 Å². The van der Waals surface area contributed by atoms with Crippen molar-refractivity contribution >= 4 is 28.2 Å². The largest absolute Gasteiger partial charge is 0.494 e. The Balaban J connectivity index is 1.79. The molecule has 0 aliphatic heterocycles. The van der Waals surface area contributed by atoms with Gasteiger partial charge in [-0.05, 0) is 60.8 Å². The third kappa shape index (κ3) is 5.29. The van der Waals surface area contributed by atoms with E-state index < -0.39 is 0 Å². The van der Waals surface area contributed by atoms with Crippen LogP contribution in [0.25, 0.3) is 0 Å². The Morgan fingerprint density at radius 2 is 1.90 bits per heavy atom. The molecular weight excluding hydrogens is 410 g/mol. The molecule has 2 aromatic rings. The van der Waals surface area contributed by atoms with Crippen molar-refractivity contribution in [3.05, 3.63) is 45.8 Å². The van der Waals surface area contributed by atoms with Gasteiger partial charge in [-0.25, -0.2) is 4.79 Å². The van der Waals surface area contributed by atoms with Crippen molar-refractivity contribution in [2.75, 3.05) is 19.0 Å². The Kier molecular flexibility index (Phi) is 7.42. The first-order valence-electron chi connectivity index (χ1n) is 11.0. The lowest BCUT2D eigenvalue weighted by Gasteiger charge is -2.36. The van der Waals surface area contributed by atoms with E-state index in [1.165, 1.54) is 23.3 Å². The van der Waals surface area contributed by atoms with Gasteiger partial charge in [0.1, 0.15) is 10.8 Å². The number of hydrogen-bond acceptors (Lipinski definition) is 5. The molecule has 3 rings (SSSR count). The number of rotatable bonds is 8. The van der Waals surface area contributed by atoms with Crippen molar-refractivity contribution in [1.29, 1.82) is 0 Å². The number of fused-ring (bicyclic) bond motifs is 1. The summed E-state index contributed by atoms with van der Waals surface area (Å²) in [5.74, 6) is 0.845. The van der Waals surface area contributed by atoms with Crippen LogP contribution in [0.3, 0.4) is 0 Å². The summed E-state index contributed by atoms with van der Waals surface area (Å²) in [6, 6.07) is 7.52. The topological polar surface area (TPSA) is 64.6 Å². The third-order valence-corrected chi connectivity index (χ3v) is 7.69. The van der Waals surface area contributed by atoms with Gasteiger partial charge in [0, 0.05) is 4.88 Å². The predicted octanol–water partition coefficient (Wildman–Crippen LogP) is 5.66. The molecule has 1 N–H and O–H groups in total. The van der Waals surface area contributed by atoms with Crippen LogP contribution in [-0.4, -0.2) is 25.6 Å². The van der Waals surface area contributed by atoms with E-state index in [1.807, 2.05) is 31.2 Å². The van der Waals surface area contributed by atoms with Crippen molar-refractivity contribution < 1.29 is 19.1 Å². The summed E-state index contributed by atoms with van der Waals surface area (Å²) < 4.78 is 10.5. The van der Waals surface area contributed by atoms with E-state index in [-0.39, 0.29) is 23.7 Å². The van der Waals surface area contributed by atoms with E-state index in [9.17, 15) is 9.59 Å². The first-order chi connectivity index (χ1) is 14.8. The second-order valence-electron chi connectivity index (χ2n) is 8.78. The summed E-state index contributed by atoms with van der Waals surface area (Å²) in [6.45, 7) is 9.41. The molecule has 168 valence electrons. The minimum atomic E-state index is -0.373. The van der Waals surface area contributed by atoms with Crippen LogP contribution in [0, 0.1) is 11.3 Å². The Bertz CT molecular complexity index is 930. The van der Waals surface area contributed by atoms with E-state index in [0.29, 0.717) is 23.1 Å². The monoisotopic (exact) mass is 443 g/mol. The molecule has 5 nitrogen and oxygen atoms in total. The normalized spacial score (nSPS) is 15.8. The fraction of sp³-hybridized carbons (Fsp3) is 0.520. The molecule has 1 aromatic carbocycles. The van der Waals surface area contributed by atoms with Gasteiger partial charge < -0.3 is 14.8 Å². The molecule has 1 aliphatic rings. The van der Waals surface area contributed by atoms with Gasteiger partial charge in [-0.15, -0.1) is 11.3 Å². The molecular formula is C25H33NO4S. The fourth-order valence-electron chi connectivity index (χ4n) is 4.17. The summed E-state index contributed by atoms with van der Waals surface area (Å²) in [4.78, 5) is 26.5. The molecule has 1 heterocycles. The lowest BCUT2D eigenvalue weighted by molar-refractivity contribution is -0.115. The van der Waals surface area contributed by atoms with Crippen molar-refractivity contribution in [3.8, 4) is 5.75 Å². The molecule has 31 heavy (non-hydrogen) atoms. The summed E-state index contributed by atoms with van der Waals surface area (Å²) in [7, 11) is 1.39. The average Bonchev–Trinajstić information content (AvgIpc) is 3.11. The van der Waals surface area contributed by atoms with E-state index in [1.54, 1.807) is 0 Å². The number of carbonyl (C=O) groups is 2. The number of anilines is 1. The summed E-state index contributed by atoms with van der Waals surface area (Å²) in [5.41, 5.74) is 2.74. The standard InChI is InChI=1S/C25H33NO4S/c1-6-25(3,4)17-10-13-19-20(15-17)31-23(22(19)24(28)29-5)26-21(27)14-16-8-11-18(12-9-16)30-7-2/h8-9,11-12,17H,6-7,10,13-15H2,1-5H3,(H,26,27)/t17-/m1/s1. The minimum Gasteiger partial charge on any atom is -0.494 e. The van der Waals surface area contributed by atoms with Crippen LogP contribution in [0.15, 0.2) is 24.3 Å². The number of carbonyl (C=O) groups excluding carboxylic acids is 2. The third-order valence-electron chi connectivity index (χ3n) is 6.52. The average molecular weight is 444 g/mol. The van der Waals surface area contributed by atoms with E-state index in [4.69, 9.17) is 9.47 Å². The molecule has 0 spiro atoms. The molecule has 0 bridgehead atoms. The van der Waals surface area contributed by atoms with Crippen LogP contribution >= 0.6 is 11.3 Å². The number of ether oxygens (including phenoxy) is 2. The molecule has 0 radical (unpaired) electrons. The Hall–Kier alpha value is -2.34. The van der Waals surface area contributed by atoms with Gasteiger partial charge in [-0.3, -0.25) is 4.79 Å². The highest BCUT2D eigenvalue weighted by atomic mass is 32.1. The van der Waals surface area contributed by atoms with E-state index in [0.717, 1.165) is 42.6 Å². The lowest BCUT2D eigenvalue weighted by atomic mass is 9.69. The SMILES string of the molecule is CCOc1ccc(CC(=O)Nc2sc3c(c2C(=O)OC)CC[C@@H](C(C)(C)CC)C3)cc1. The van der Waals surface area contributed by atoms with Crippen LogP contribution in [0.2, 0.25) is 0 Å². The van der Waals surface area contributed by atoms with Crippen molar-refractivity contribution in [1.82, 2.24) is 0 Å². The number of amides is 1. The smallest absolute Gasteiger partial charge is 0.341 e. The van der Waals surface area contributed by atoms with Gasteiger partial charge in [-0.2, -0.15) is 0 Å². The molecule has 6 heteroatoms. The zero-order chi connectivity index (χ0) is 22.6. The fourth-order valence-corrected chi connectivity index (χ4v) is 5.51. The summed E-state index contributed by atoms with van der Waals surface area (Å²) in [5, 5.41) is 3.60. The Morgan fingerprint density at radius 3 is 2.52 bits per heavy atom.